The Morgan fingerprint density at radius 1 is 0.812 bits per heavy atom. The molecule has 0 N–H and O–H groups in total. The minimum absolute atomic E-state index is 0.0772. The highest BCUT2D eigenvalue weighted by molar-refractivity contribution is 5.76. The van der Waals surface area contributed by atoms with Gasteiger partial charge in [0.1, 0.15) is 0 Å². The molecule has 2 heterocycles. The van der Waals surface area contributed by atoms with Crippen molar-refractivity contribution in [3.63, 3.8) is 0 Å². The summed E-state index contributed by atoms with van der Waals surface area (Å²) in [6.45, 7) is 3.89. The number of likely N-dealkylation sites (tertiary alicyclic amines) is 1. The molecule has 0 amide bonds. The maximum atomic E-state index is 12.9. The first-order chi connectivity index (χ1) is 15.8. The third-order valence-corrected chi connectivity index (χ3v) is 6.42. The third kappa shape index (κ3) is 4.30. The number of aromatic nitrogens is 2. The first-order valence-corrected chi connectivity index (χ1v) is 11.4. The first kappa shape index (κ1) is 20.5. The Morgan fingerprint density at radius 2 is 1.41 bits per heavy atom. The lowest BCUT2D eigenvalue weighted by Gasteiger charge is -2.34. The Hall–Kier alpha value is -3.44. The van der Waals surface area contributed by atoms with Gasteiger partial charge in [-0.05, 0) is 49.2 Å². The van der Waals surface area contributed by atoms with Gasteiger partial charge in [0.25, 0.3) is 5.56 Å². The number of piperidine rings is 1. The van der Waals surface area contributed by atoms with Crippen LogP contribution in [-0.2, 0) is 0 Å². The molecule has 5 rings (SSSR count). The molecule has 0 radical (unpaired) electrons. The number of benzene rings is 3. The summed E-state index contributed by atoms with van der Waals surface area (Å²) in [5.74, 6) is 0. The quantitative estimate of drug-likeness (QED) is 0.443. The second-order valence-corrected chi connectivity index (χ2v) is 8.37. The van der Waals surface area contributed by atoms with E-state index in [2.05, 4.69) is 75.4 Å². The van der Waals surface area contributed by atoms with Gasteiger partial charge in [0.15, 0.2) is 0 Å². The lowest BCUT2D eigenvalue weighted by Crippen LogP contribution is -2.40. The van der Waals surface area contributed by atoms with Crippen LogP contribution in [0.1, 0.15) is 18.9 Å². The molecule has 1 aliphatic rings. The largest absolute Gasteiger partial charge is 0.340 e. The van der Waals surface area contributed by atoms with Crippen molar-refractivity contribution in [2.75, 3.05) is 31.1 Å². The molecule has 0 bridgehead atoms. The van der Waals surface area contributed by atoms with Crippen molar-refractivity contribution in [1.29, 1.82) is 0 Å². The minimum atomic E-state index is 0.0772. The van der Waals surface area contributed by atoms with E-state index in [0.29, 0.717) is 5.39 Å². The predicted molar refractivity (Wildman–Crippen MR) is 131 cm³/mol. The van der Waals surface area contributed by atoms with Crippen LogP contribution < -0.4 is 10.5 Å². The van der Waals surface area contributed by atoms with E-state index >= 15 is 0 Å². The van der Waals surface area contributed by atoms with E-state index < -0.39 is 0 Å². The van der Waals surface area contributed by atoms with E-state index in [-0.39, 0.29) is 11.6 Å². The van der Waals surface area contributed by atoms with Gasteiger partial charge in [-0.1, -0.05) is 48.5 Å². The van der Waals surface area contributed by atoms with Gasteiger partial charge in [-0.15, -0.1) is 0 Å². The molecule has 1 fully saturated rings. The number of hydrogen-bond acceptors (Lipinski definition) is 4. The molecule has 0 spiro atoms. The van der Waals surface area contributed by atoms with Crippen LogP contribution in [0.25, 0.3) is 10.9 Å². The van der Waals surface area contributed by atoms with Crippen LogP contribution in [0.4, 0.5) is 11.4 Å². The van der Waals surface area contributed by atoms with Crippen LogP contribution in [0, 0.1) is 0 Å². The van der Waals surface area contributed by atoms with E-state index in [0.717, 1.165) is 44.5 Å². The van der Waals surface area contributed by atoms with E-state index in [1.807, 2.05) is 28.8 Å². The Bertz CT molecular complexity index is 1180. The van der Waals surface area contributed by atoms with Gasteiger partial charge in [-0.3, -0.25) is 9.36 Å². The van der Waals surface area contributed by atoms with Crippen LogP contribution in [0.2, 0.25) is 0 Å². The monoisotopic (exact) mass is 424 g/mol. The van der Waals surface area contributed by atoms with Crippen molar-refractivity contribution < 1.29 is 0 Å². The van der Waals surface area contributed by atoms with E-state index in [4.69, 9.17) is 0 Å². The van der Waals surface area contributed by atoms with Gasteiger partial charge in [0.2, 0.25) is 0 Å². The van der Waals surface area contributed by atoms with Gasteiger partial charge in [-0.2, -0.15) is 0 Å². The molecule has 0 unspecified atom stereocenters. The molecule has 1 aromatic heterocycles. The lowest BCUT2D eigenvalue weighted by atomic mass is 10.0. The van der Waals surface area contributed by atoms with Crippen LogP contribution >= 0.6 is 0 Å². The molecule has 162 valence electrons. The second-order valence-electron chi connectivity index (χ2n) is 8.37. The van der Waals surface area contributed by atoms with E-state index in [1.165, 1.54) is 11.4 Å². The minimum Gasteiger partial charge on any atom is -0.340 e. The van der Waals surface area contributed by atoms with Crippen molar-refractivity contribution in [3.05, 3.63) is 102 Å². The topological polar surface area (TPSA) is 41.4 Å². The zero-order valence-electron chi connectivity index (χ0n) is 18.2. The average molecular weight is 425 g/mol. The summed E-state index contributed by atoms with van der Waals surface area (Å²) >= 11 is 0. The molecule has 0 atom stereocenters. The summed E-state index contributed by atoms with van der Waals surface area (Å²) in [6, 6.07) is 28.9. The van der Waals surface area contributed by atoms with Gasteiger partial charge >= 0.3 is 0 Å². The fourth-order valence-corrected chi connectivity index (χ4v) is 4.63. The Labute approximate surface area is 188 Å². The average Bonchev–Trinajstić information content (AvgIpc) is 2.86. The maximum Gasteiger partial charge on any atom is 0.261 e. The van der Waals surface area contributed by atoms with Crippen molar-refractivity contribution in [1.82, 2.24) is 14.5 Å². The van der Waals surface area contributed by atoms with Gasteiger partial charge < -0.3 is 9.80 Å². The molecule has 5 nitrogen and oxygen atoms in total. The highest BCUT2D eigenvalue weighted by Crippen LogP contribution is 2.26. The lowest BCUT2D eigenvalue weighted by molar-refractivity contribution is 0.188. The molecule has 1 aliphatic heterocycles. The summed E-state index contributed by atoms with van der Waals surface area (Å²) in [6.07, 6.45) is 3.67. The maximum absolute atomic E-state index is 12.9. The summed E-state index contributed by atoms with van der Waals surface area (Å²) in [5, 5.41) is 0.707. The standard InChI is InChI=1S/C27H28N4O/c32-27-25-13-7-8-14-26(25)28-21-31(27)24-15-17-29(18-16-24)19-20-30(22-9-3-1-4-10-22)23-11-5-2-6-12-23/h1-14,21,24H,15-20H2. The molecule has 5 heteroatoms. The van der Waals surface area contributed by atoms with E-state index in [9.17, 15) is 4.79 Å². The molecule has 32 heavy (non-hydrogen) atoms. The van der Waals surface area contributed by atoms with Crippen molar-refractivity contribution in [2.24, 2.45) is 0 Å². The third-order valence-electron chi connectivity index (χ3n) is 6.42. The van der Waals surface area contributed by atoms with Crippen molar-refractivity contribution in [2.45, 2.75) is 18.9 Å². The number of anilines is 2. The molecule has 0 aliphatic carbocycles. The Morgan fingerprint density at radius 3 is 2.06 bits per heavy atom. The number of fused-ring (bicyclic) bond motifs is 1. The van der Waals surface area contributed by atoms with Crippen LogP contribution in [-0.4, -0.2) is 40.6 Å². The highest BCUT2D eigenvalue weighted by atomic mass is 16.1. The normalized spacial score (nSPS) is 15.1. The fraction of sp³-hybridized carbons (Fsp3) is 0.259. The molecule has 0 saturated carbocycles. The second kappa shape index (κ2) is 9.37. The van der Waals surface area contributed by atoms with Gasteiger partial charge in [0, 0.05) is 43.6 Å². The zero-order chi connectivity index (χ0) is 21.8. The van der Waals surface area contributed by atoms with Crippen LogP contribution in [0.3, 0.4) is 0 Å². The number of hydrogen-bond donors (Lipinski definition) is 0. The first-order valence-electron chi connectivity index (χ1n) is 11.4. The molecular formula is C27H28N4O. The number of para-hydroxylation sites is 3. The molecule has 3 aromatic carbocycles. The van der Waals surface area contributed by atoms with Gasteiger partial charge in [-0.25, -0.2) is 4.98 Å². The molecule has 4 aromatic rings. The van der Waals surface area contributed by atoms with E-state index in [1.54, 1.807) is 6.33 Å². The number of nitrogens with zero attached hydrogens (tertiary/aromatic N) is 4. The van der Waals surface area contributed by atoms with Crippen molar-refractivity contribution >= 4 is 22.3 Å². The summed E-state index contributed by atoms with van der Waals surface area (Å²) in [5.41, 5.74) is 3.27. The van der Waals surface area contributed by atoms with Gasteiger partial charge in [0.05, 0.1) is 17.2 Å². The Kier molecular flexibility index (Phi) is 5.99. The Balaban J connectivity index is 1.25. The van der Waals surface area contributed by atoms with Crippen LogP contribution in [0.5, 0.6) is 0 Å². The number of rotatable bonds is 6. The highest BCUT2D eigenvalue weighted by Gasteiger charge is 2.22. The molecular weight excluding hydrogens is 396 g/mol. The summed E-state index contributed by atoms with van der Waals surface area (Å²) < 4.78 is 1.85. The predicted octanol–water partition coefficient (Wildman–Crippen LogP) is 4.87. The van der Waals surface area contributed by atoms with Crippen LogP contribution in [0.15, 0.2) is 96.1 Å². The SMILES string of the molecule is O=c1c2ccccc2ncn1C1CCN(CCN(c2ccccc2)c2ccccc2)CC1. The smallest absolute Gasteiger partial charge is 0.261 e. The fourth-order valence-electron chi connectivity index (χ4n) is 4.63. The summed E-state index contributed by atoms with van der Waals surface area (Å²) in [4.78, 5) is 22.3. The molecule has 1 saturated heterocycles. The van der Waals surface area contributed by atoms with Crippen molar-refractivity contribution in [3.8, 4) is 0 Å². The zero-order valence-corrected chi connectivity index (χ0v) is 18.2. The summed E-state index contributed by atoms with van der Waals surface area (Å²) in [7, 11) is 0.